The zero-order valence-electron chi connectivity index (χ0n) is 6.58. The van der Waals surface area contributed by atoms with Crippen molar-refractivity contribution in [3.05, 3.63) is 12.3 Å². The molecular formula is C7H14ClNS. The van der Waals surface area contributed by atoms with Gasteiger partial charge in [-0.2, -0.15) is 0 Å². The molecule has 1 unspecified atom stereocenters. The van der Waals surface area contributed by atoms with Gasteiger partial charge in [-0.3, -0.25) is 0 Å². The highest BCUT2D eigenvalue weighted by atomic mass is 35.5. The topological polar surface area (TPSA) is 3.24 Å². The van der Waals surface area contributed by atoms with Crippen molar-refractivity contribution in [2.45, 2.75) is 18.7 Å². The van der Waals surface area contributed by atoms with Crippen molar-refractivity contribution in [2.75, 3.05) is 7.05 Å². The zero-order chi connectivity index (χ0) is 8.15. The summed E-state index contributed by atoms with van der Waals surface area (Å²) in [6.45, 7) is 4.23. The summed E-state index contributed by atoms with van der Waals surface area (Å²) in [6, 6.07) is 0. The van der Waals surface area contributed by atoms with Gasteiger partial charge in [0.1, 0.15) is 4.83 Å². The standard InChI is InChI=1S/C7H14ClNS/c1-6(2)4-5-9(3)7(8)10/h4-7,10H,1-3H3/b5-4+. The van der Waals surface area contributed by atoms with Gasteiger partial charge < -0.3 is 4.90 Å². The Bertz CT molecular complexity index is 112. The molecule has 0 radical (unpaired) electrons. The lowest BCUT2D eigenvalue weighted by molar-refractivity contribution is 0.505. The third kappa shape index (κ3) is 5.00. The summed E-state index contributed by atoms with van der Waals surface area (Å²) in [5.74, 6) is 0.561. The number of allylic oxidation sites excluding steroid dienone is 1. The number of hydrogen-bond acceptors (Lipinski definition) is 2. The molecule has 60 valence electrons. The summed E-state index contributed by atoms with van der Waals surface area (Å²) in [6.07, 6.45) is 4.01. The third-order valence-electron chi connectivity index (χ3n) is 1.04. The highest BCUT2D eigenvalue weighted by molar-refractivity contribution is 7.82. The fraction of sp³-hybridized carbons (Fsp3) is 0.714. The molecule has 0 aromatic rings. The van der Waals surface area contributed by atoms with Crippen LogP contribution >= 0.6 is 24.2 Å². The summed E-state index contributed by atoms with van der Waals surface area (Å²) in [4.78, 5) is 1.61. The van der Waals surface area contributed by atoms with Gasteiger partial charge in [-0.05, 0) is 12.1 Å². The molecule has 0 spiro atoms. The van der Waals surface area contributed by atoms with Gasteiger partial charge in [0.25, 0.3) is 0 Å². The van der Waals surface area contributed by atoms with Crippen molar-refractivity contribution in [3.63, 3.8) is 0 Å². The number of rotatable bonds is 3. The monoisotopic (exact) mass is 179 g/mol. The fourth-order valence-electron chi connectivity index (χ4n) is 0.379. The Morgan fingerprint density at radius 1 is 1.50 bits per heavy atom. The number of halogens is 1. The van der Waals surface area contributed by atoms with E-state index in [1.165, 1.54) is 0 Å². The van der Waals surface area contributed by atoms with E-state index in [1.807, 2.05) is 18.1 Å². The van der Waals surface area contributed by atoms with Gasteiger partial charge in [-0.15, -0.1) is 12.6 Å². The lowest BCUT2D eigenvalue weighted by atomic mass is 10.2. The van der Waals surface area contributed by atoms with Crippen molar-refractivity contribution < 1.29 is 0 Å². The van der Waals surface area contributed by atoms with Crippen molar-refractivity contribution in [1.29, 1.82) is 0 Å². The normalized spacial score (nSPS) is 14.6. The molecule has 0 amide bonds. The molecule has 0 heterocycles. The van der Waals surface area contributed by atoms with Crippen LogP contribution in [0.3, 0.4) is 0 Å². The van der Waals surface area contributed by atoms with Gasteiger partial charge in [0, 0.05) is 7.05 Å². The average Bonchev–Trinajstić information content (AvgIpc) is 1.82. The smallest absolute Gasteiger partial charge is 0.147 e. The molecule has 0 saturated carbocycles. The second-order valence-electron chi connectivity index (χ2n) is 2.56. The van der Waals surface area contributed by atoms with Crippen molar-refractivity contribution in [1.82, 2.24) is 4.90 Å². The van der Waals surface area contributed by atoms with Gasteiger partial charge in [0.05, 0.1) is 0 Å². The molecule has 0 aliphatic heterocycles. The van der Waals surface area contributed by atoms with E-state index in [-0.39, 0.29) is 4.83 Å². The van der Waals surface area contributed by atoms with Crippen molar-refractivity contribution in [2.24, 2.45) is 5.92 Å². The van der Waals surface area contributed by atoms with E-state index in [1.54, 1.807) is 0 Å². The second kappa shape index (κ2) is 4.91. The third-order valence-corrected chi connectivity index (χ3v) is 1.71. The predicted octanol–water partition coefficient (Wildman–Crippen LogP) is 2.54. The minimum atomic E-state index is -0.227. The van der Waals surface area contributed by atoms with E-state index in [0.29, 0.717) is 5.92 Å². The van der Waals surface area contributed by atoms with Gasteiger partial charge in [-0.25, -0.2) is 0 Å². The highest BCUT2D eigenvalue weighted by Crippen LogP contribution is 2.07. The number of nitrogens with zero attached hydrogens (tertiary/aromatic N) is 1. The maximum absolute atomic E-state index is 5.65. The fourth-order valence-corrected chi connectivity index (χ4v) is 0.521. The van der Waals surface area contributed by atoms with Crippen LogP contribution in [0.15, 0.2) is 12.3 Å². The first-order valence-electron chi connectivity index (χ1n) is 3.26. The quantitative estimate of drug-likeness (QED) is 0.302. The van der Waals surface area contributed by atoms with Crippen LogP contribution in [0.5, 0.6) is 0 Å². The lowest BCUT2D eigenvalue weighted by Gasteiger charge is -2.15. The van der Waals surface area contributed by atoms with Gasteiger partial charge in [0.15, 0.2) is 0 Å². The van der Waals surface area contributed by atoms with Crippen LogP contribution in [0.2, 0.25) is 0 Å². The maximum Gasteiger partial charge on any atom is 0.147 e. The van der Waals surface area contributed by atoms with E-state index < -0.39 is 0 Å². The molecule has 0 N–H and O–H groups in total. The van der Waals surface area contributed by atoms with Crippen molar-refractivity contribution >= 4 is 24.2 Å². The van der Waals surface area contributed by atoms with Crippen LogP contribution in [-0.4, -0.2) is 16.8 Å². The molecule has 0 fully saturated rings. The van der Waals surface area contributed by atoms with E-state index in [0.717, 1.165) is 0 Å². The summed E-state index contributed by atoms with van der Waals surface area (Å²) in [7, 11) is 1.89. The average molecular weight is 180 g/mol. The van der Waals surface area contributed by atoms with Gasteiger partial charge in [0.2, 0.25) is 0 Å². The Labute approximate surface area is 73.5 Å². The summed E-state index contributed by atoms with van der Waals surface area (Å²) in [5, 5.41) is 0. The first kappa shape index (κ1) is 10.2. The molecule has 0 aromatic carbocycles. The van der Waals surface area contributed by atoms with Crippen LogP contribution in [0.25, 0.3) is 0 Å². The van der Waals surface area contributed by atoms with Crippen LogP contribution in [0.4, 0.5) is 0 Å². The molecular weight excluding hydrogens is 166 g/mol. The Kier molecular flexibility index (Phi) is 5.00. The van der Waals surface area contributed by atoms with Crippen LogP contribution in [0.1, 0.15) is 13.8 Å². The molecule has 3 heteroatoms. The highest BCUT2D eigenvalue weighted by Gasteiger charge is 1.98. The number of hydrogen-bond donors (Lipinski definition) is 1. The Morgan fingerprint density at radius 2 is 2.00 bits per heavy atom. The first-order valence-corrected chi connectivity index (χ1v) is 4.21. The summed E-state index contributed by atoms with van der Waals surface area (Å²) < 4.78 is 0. The van der Waals surface area contributed by atoms with Gasteiger partial charge in [-0.1, -0.05) is 31.5 Å². The SMILES string of the molecule is CC(C)/C=C/N(C)C(S)Cl. The van der Waals surface area contributed by atoms with E-state index in [9.17, 15) is 0 Å². The molecule has 1 atom stereocenters. The second-order valence-corrected chi connectivity index (χ2v) is 3.77. The van der Waals surface area contributed by atoms with Gasteiger partial charge >= 0.3 is 0 Å². The lowest BCUT2D eigenvalue weighted by Crippen LogP contribution is -2.15. The summed E-state index contributed by atoms with van der Waals surface area (Å²) in [5.41, 5.74) is 0. The molecule has 1 nitrogen and oxygen atoms in total. The molecule has 0 aliphatic carbocycles. The zero-order valence-corrected chi connectivity index (χ0v) is 8.23. The molecule has 10 heavy (non-hydrogen) atoms. The molecule has 0 bridgehead atoms. The Morgan fingerprint density at radius 3 is 2.30 bits per heavy atom. The number of thiol groups is 1. The Hall–Kier alpha value is 0.180. The van der Waals surface area contributed by atoms with E-state index in [4.69, 9.17) is 11.6 Å². The van der Waals surface area contributed by atoms with Crippen LogP contribution < -0.4 is 0 Å². The van der Waals surface area contributed by atoms with Crippen LogP contribution in [-0.2, 0) is 0 Å². The molecule has 0 rings (SSSR count). The van der Waals surface area contributed by atoms with Crippen LogP contribution in [0, 0.1) is 5.92 Å². The maximum atomic E-state index is 5.65. The largest absolute Gasteiger partial charge is 0.357 e. The molecule has 0 aliphatic rings. The first-order chi connectivity index (χ1) is 4.54. The minimum Gasteiger partial charge on any atom is -0.357 e. The Balaban J connectivity index is 3.66. The van der Waals surface area contributed by atoms with E-state index in [2.05, 4.69) is 32.6 Å². The van der Waals surface area contributed by atoms with E-state index >= 15 is 0 Å². The minimum absolute atomic E-state index is 0.227. The predicted molar refractivity (Wildman–Crippen MR) is 50.4 cm³/mol. The molecule has 0 aromatic heterocycles. The number of alkyl halides is 1. The van der Waals surface area contributed by atoms with Crippen molar-refractivity contribution in [3.8, 4) is 0 Å². The summed E-state index contributed by atoms with van der Waals surface area (Å²) >= 11 is 9.69. The molecule has 0 saturated heterocycles.